The molecule has 1 unspecified atom stereocenters. The van der Waals surface area contributed by atoms with E-state index in [-0.39, 0.29) is 0 Å². The minimum absolute atomic E-state index is 0.491. The van der Waals surface area contributed by atoms with E-state index < -0.39 is 11.7 Å². The topological polar surface area (TPSA) is 39.8 Å². The first-order valence-corrected chi connectivity index (χ1v) is 7.25. The van der Waals surface area contributed by atoms with Crippen LogP contribution in [0.15, 0.2) is 91.0 Å². The standard InChI is InChI=1S/C20H16O2/c21-19(16-10-4-1-5-11-16)20(22,17-12-6-2-7-13-17)18-14-8-3-9-15-18/h1-15,19H. The smallest absolute Gasteiger partial charge is 0.187 e. The lowest BCUT2D eigenvalue weighted by Crippen LogP contribution is -2.33. The van der Waals surface area contributed by atoms with Gasteiger partial charge in [-0.3, -0.25) is 0 Å². The molecule has 3 aromatic carbocycles. The van der Waals surface area contributed by atoms with Gasteiger partial charge in [0, 0.05) is 0 Å². The zero-order valence-corrected chi connectivity index (χ0v) is 12.1. The maximum atomic E-state index is 13.7. The van der Waals surface area contributed by atoms with Crippen LogP contribution >= 0.6 is 0 Å². The highest BCUT2D eigenvalue weighted by atomic mass is 16.3. The summed E-state index contributed by atoms with van der Waals surface area (Å²) in [7, 11) is 0. The van der Waals surface area contributed by atoms with Crippen molar-refractivity contribution in [3.63, 3.8) is 0 Å². The van der Waals surface area contributed by atoms with Crippen LogP contribution < -0.4 is 0 Å². The summed E-state index contributed by atoms with van der Waals surface area (Å²) in [5.74, 6) is 0. The van der Waals surface area contributed by atoms with Gasteiger partial charge in [0.05, 0.1) is 0 Å². The molecule has 0 saturated carbocycles. The molecule has 2 nitrogen and oxygen atoms in total. The lowest BCUT2D eigenvalue weighted by atomic mass is 9.79. The molecule has 0 N–H and O–H groups in total. The fourth-order valence-electron chi connectivity index (χ4n) is 2.70. The van der Waals surface area contributed by atoms with Crippen molar-refractivity contribution in [2.45, 2.75) is 11.7 Å². The third-order valence-corrected chi connectivity index (χ3v) is 3.88. The Morgan fingerprint density at radius 3 is 1.36 bits per heavy atom. The van der Waals surface area contributed by atoms with Crippen LogP contribution in [-0.4, -0.2) is 0 Å². The summed E-state index contributed by atoms with van der Waals surface area (Å²) in [5.41, 5.74) is -0.371. The zero-order chi connectivity index (χ0) is 15.4. The van der Waals surface area contributed by atoms with Gasteiger partial charge < -0.3 is 0 Å². The molecular formula is C20H16O2. The Balaban J connectivity index is 2.16. The Morgan fingerprint density at radius 2 is 0.955 bits per heavy atom. The van der Waals surface area contributed by atoms with Crippen LogP contribution in [0, 0.1) is 0 Å². The Morgan fingerprint density at radius 1 is 0.591 bits per heavy atom. The van der Waals surface area contributed by atoms with Crippen LogP contribution in [0.4, 0.5) is 0 Å². The van der Waals surface area contributed by atoms with Gasteiger partial charge in [0.15, 0.2) is 11.7 Å². The first-order valence-electron chi connectivity index (χ1n) is 7.25. The van der Waals surface area contributed by atoms with Crippen molar-refractivity contribution in [1.82, 2.24) is 0 Å². The molecule has 0 fully saturated rings. The second kappa shape index (κ2) is 6.14. The summed E-state index contributed by atoms with van der Waals surface area (Å²) in [4.78, 5) is 0. The van der Waals surface area contributed by atoms with Gasteiger partial charge in [0.2, 0.25) is 0 Å². The first kappa shape index (κ1) is 14.5. The van der Waals surface area contributed by atoms with Crippen molar-refractivity contribution >= 4 is 0 Å². The highest BCUT2D eigenvalue weighted by Gasteiger charge is 2.43. The largest absolute Gasteiger partial charge is 0.224 e. The Hall–Kier alpha value is -2.42. The highest BCUT2D eigenvalue weighted by molar-refractivity contribution is 5.40. The summed E-state index contributed by atoms with van der Waals surface area (Å²) in [6.07, 6.45) is -1.42. The molecule has 0 aromatic heterocycles. The fourth-order valence-corrected chi connectivity index (χ4v) is 2.70. The van der Waals surface area contributed by atoms with Crippen LogP contribution in [0.25, 0.3) is 0 Å². The van der Waals surface area contributed by atoms with E-state index in [0.29, 0.717) is 16.7 Å². The minimum atomic E-state index is -1.86. The molecule has 0 spiro atoms. The van der Waals surface area contributed by atoms with Gasteiger partial charge in [-0.2, -0.15) is 0 Å². The summed E-state index contributed by atoms with van der Waals surface area (Å²) in [6.45, 7) is 0. The molecule has 0 amide bonds. The van der Waals surface area contributed by atoms with E-state index in [2.05, 4.69) is 0 Å². The van der Waals surface area contributed by atoms with Crippen molar-refractivity contribution in [2.75, 3.05) is 0 Å². The summed E-state index contributed by atoms with van der Waals surface area (Å²) in [6, 6.07) is 26.6. The molecule has 3 rings (SSSR count). The molecule has 1 atom stereocenters. The van der Waals surface area contributed by atoms with E-state index in [0.717, 1.165) is 0 Å². The fraction of sp³-hybridized carbons (Fsp3) is 0.100. The average Bonchev–Trinajstić information content (AvgIpc) is 2.62. The van der Waals surface area contributed by atoms with Crippen molar-refractivity contribution < 1.29 is 10.2 Å². The van der Waals surface area contributed by atoms with Gasteiger partial charge in [0.25, 0.3) is 0 Å². The summed E-state index contributed by atoms with van der Waals surface area (Å²) in [5, 5.41) is 26.7. The quantitative estimate of drug-likeness (QED) is 0.676. The predicted molar refractivity (Wildman–Crippen MR) is 84.2 cm³/mol. The number of benzene rings is 3. The van der Waals surface area contributed by atoms with E-state index >= 15 is 0 Å². The lowest BCUT2D eigenvalue weighted by Gasteiger charge is -2.30. The lowest BCUT2D eigenvalue weighted by molar-refractivity contribution is -0.126. The third-order valence-electron chi connectivity index (χ3n) is 3.88. The van der Waals surface area contributed by atoms with Crippen LogP contribution in [0.1, 0.15) is 22.8 Å². The van der Waals surface area contributed by atoms with Crippen molar-refractivity contribution in [3.05, 3.63) is 108 Å². The van der Waals surface area contributed by atoms with Crippen LogP contribution in [0.5, 0.6) is 0 Å². The van der Waals surface area contributed by atoms with E-state index in [1.165, 1.54) is 0 Å². The summed E-state index contributed by atoms with van der Waals surface area (Å²) >= 11 is 0. The maximum absolute atomic E-state index is 13.7. The summed E-state index contributed by atoms with van der Waals surface area (Å²) < 4.78 is 0. The average molecular weight is 288 g/mol. The Labute approximate surface area is 130 Å². The number of rotatable bonds is 4. The van der Waals surface area contributed by atoms with Crippen LogP contribution in [0.3, 0.4) is 0 Å². The van der Waals surface area contributed by atoms with E-state index in [4.69, 9.17) is 0 Å². The normalized spacial score (nSPS) is 12.8. The third kappa shape index (κ3) is 2.54. The van der Waals surface area contributed by atoms with E-state index in [9.17, 15) is 10.2 Å². The van der Waals surface area contributed by atoms with Crippen molar-refractivity contribution in [1.29, 1.82) is 0 Å². The molecule has 0 aliphatic heterocycles. The first-order chi connectivity index (χ1) is 10.7. The zero-order valence-electron chi connectivity index (χ0n) is 12.1. The van der Waals surface area contributed by atoms with Crippen LogP contribution in [0.2, 0.25) is 0 Å². The second-order valence-corrected chi connectivity index (χ2v) is 5.26. The molecule has 2 heteroatoms. The maximum Gasteiger partial charge on any atom is 0.187 e. The molecule has 108 valence electrons. The van der Waals surface area contributed by atoms with Gasteiger partial charge >= 0.3 is 0 Å². The molecule has 2 radical (unpaired) electrons. The van der Waals surface area contributed by atoms with E-state index in [1.54, 1.807) is 72.8 Å². The predicted octanol–water partition coefficient (Wildman–Crippen LogP) is 4.53. The second-order valence-electron chi connectivity index (χ2n) is 5.26. The molecule has 0 bridgehead atoms. The molecule has 22 heavy (non-hydrogen) atoms. The molecule has 0 saturated heterocycles. The Bertz CT molecular complexity index is 669. The van der Waals surface area contributed by atoms with Gasteiger partial charge in [-0.25, -0.2) is 10.2 Å². The molecule has 0 aliphatic rings. The van der Waals surface area contributed by atoms with Gasteiger partial charge in [0.1, 0.15) is 0 Å². The molecular weight excluding hydrogens is 272 g/mol. The van der Waals surface area contributed by atoms with Crippen molar-refractivity contribution in [2.24, 2.45) is 0 Å². The monoisotopic (exact) mass is 288 g/mol. The number of hydrogen-bond donors (Lipinski definition) is 0. The van der Waals surface area contributed by atoms with Crippen LogP contribution in [-0.2, 0) is 15.8 Å². The van der Waals surface area contributed by atoms with Crippen molar-refractivity contribution in [3.8, 4) is 0 Å². The molecule has 0 aliphatic carbocycles. The van der Waals surface area contributed by atoms with Gasteiger partial charge in [-0.15, -0.1) is 0 Å². The molecule has 0 heterocycles. The Kier molecular flexibility index (Phi) is 4.05. The van der Waals surface area contributed by atoms with Gasteiger partial charge in [-0.1, -0.05) is 91.0 Å². The molecule has 3 aromatic rings. The van der Waals surface area contributed by atoms with E-state index in [1.807, 2.05) is 18.2 Å². The SMILES string of the molecule is [O]C(c1ccccc1)C([O])(c1ccccc1)c1ccccc1. The highest BCUT2D eigenvalue weighted by Crippen LogP contribution is 2.41. The minimum Gasteiger partial charge on any atom is -0.224 e. The van der Waals surface area contributed by atoms with Gasteiger partial charge in [-0.05, 0) is 16.7 Å². The number of hydrogen-bond acceptors (Lipinski definition) is 0.